The minimum atomic E-state index is -1.89. The highest BCUT2D eigenvalue weighted by Gasteiger charge is 2.92. The van der Waals surface area contributed by atoms with Gasteiger partial charge in [-0.15, -0.1) is 0 Å². The molecular weight excluding hydrogens is 576 g/mol. The van der Waals surface area contributed by atoms with Crippen LogP contribution < -0.4 is 0 Å². The molecule has 2 N–H and O–H groups in total. The molecule has 8 rings (SSSR count). The lowest BCUT2D eigenvalue weighted by Gasteiger charge is -2.64. The molecule has 2 bridgehead atoms. The third-order valence-electron chi connectivity index (χ3n) is 13.5. The van der Waals surface area contributed by atoms with Crippen molar-refractivity contribution in [3.05, 3.63) is 24.5 Å². The first-order valence-corrected chi connectivity index (χ1v) is 15.5. The monoisotopic (exact) mass is 618 g/mol. The minimum Gasteiger partial charge on any atom is -0.469 e. The molecule has 44 heavy (non-hydrogen) atoms. The van der Waals surface area contributed by atoms with Crippen molar-refractivity contribution in [2.45, 2.75) is 100 Å². The summed E-state index contributed by atoms with van der Waals surface area (Å²) in [6.45, 7) is 11.6. The Labute approximate surface area is 255 Å². The Kier molecular flexibility index (Phi) is 5.63. The zero-order valence-electron chi connectivity index (χ0n) is 26.0. The van der Waals surface area contributed by atoms with Crippen LogP contribution in [0, 0.1) is 34.0 Å². The number of rotatable bonds is 4. The molecule has 0 unspecified atom stereocenters. The molecule has 242 valence electrons. The average molecular weight is 619 g/mol. The van der Waals surface area contributed by atoms with Crippen LogP contribution in [0.2, 0.25) is 0 Å². The van der Waals surface area contributed by atoms with E-state index in [-0.39, 0.29) is 19.1 Å². The zero-order valence-corrected chi connectivity index (χ0v) is 26.0. The van der Waals surface area contributed by atoms with Crippen molar-refractivity contribution >= 4 is 11.9 Å². The molecule has 15 atom stereocenters. The molecule has 1 spiro atoms. The third kappa shape index (κ3) is 2.77. The van der Waals surface area contributed by atoms with Gasteiger partial charge in [0.25, 0.3) is 5.79 Å². The van der Waals surface area contributed by atoms with Gasteiger partial charge < -0.3 is 48.1 Å². The van der Waals surface area contributed by atoms with E-state index in [9.17, 15) is 19.8 Å². The van der Waals surface area contributed by atoms with Gasteiger partial charge >= 0.3 is 11.9 Å². The Balaban J connectivity index is 1.34. The quantitative estimate of drug-likeness (QED) is 0.346. The second-order valence-electron chi connectivity index (χ2n) is 15.1. The molecule has 3 aliphatic carbocycles. The van der Waals surface area contributed by atoms with Crippen molar-refractivity contribution in [1.82, 2.24) is 0 Å². The van der Waals surface area contributed by atoms with E-state index in [2.05, 4.69) is 13.5 Å². The van der Waals surface area contributed by atoms with E-state index in [4.69, 9.17) is 37.9 Å². The maximum Gasteiger partial charge on any atom is 0.366 e. The number of aliphatic hydroxyl groups is 2. The maximum atomic E-state index is 13.9. The fourth-order valence-corrected chi connectivity index (χ4v) is 11.9. The Hall–Kier alpha value is -2.06. The number of hydrogen-bond donors (Lipinski definition) is 2. The summed E-state index contributed by atoms with van der Waals surface area (Å²) in [4.78, 5) is 26.7. The molecule has 0 aromatic heterocycles. The van der Waals surface area contributed by atoms with Crippen LogP contribution in [0.4, 0.5) is 0 Å². The Morgan fingerprint density at radius 1 is 1.11 bits per heavy atom. The predicted molar refractivity (Wildman–Crippen MR) is 147 cm³/mol. The van der Waals surface area contributed by atoms with Crippen LogP contribution in [0.5, 0.6) is 0 Å². The second-order valence-corrected chi connectivity index (χ2v) is 15.1. The molecule has 12 nitrogen and oxygen atoms in total. The van der Waals surface area contributed by atoms with Crippen molar-refractivity contribution in [2.24, 2.45) is 34.0 Å². The largest absolute Gasteiger partial charge is 0.469 e. The number of ether oxygens (including phenoxy) is 8. The number of hydrogen-bond acceptors (Lipinski definition) is 12. The summed E-state index contributed by atoms with van der Waals surface area (Å²) in [7, 11) is 2.70. The van der Waals surface area contributed by atoms with Crippen LogP contribution in [-0.4, -0.2) is 103 Å². The summed E-state index contributed by atoms with van der Waals surface area (Å²) in [5.41, 5.74) is -7.05. The zero-order chi connectivity index (χ0) is 31.5. The molecule has 0 aromatic carbocycles. The van der Waals surface area contributed by atoms with Crippen LogP contribution in [0.15, 0.2) is 24.5 Å². The van der Waals surface area contributed by atoms with Gasteiger partial charge in [-0.25, -0.2) is 9.59 Å². The van der Waals surface area contributed by atoms with Gasteiger partial charge in [-0.1, -0.05) is 20.4 Å². The number of esters is 2. The predicted octanol–water partition coefficient (Wildman–Crippen LogP) is 1.37. The Bertz CT molecular complexity index is 1380. The van der Waals surface area contributed by atoms with Gasteiger partial charge in [-0.3, -0.25) is 0 Å². The molecule has 8 aliphatic rings. The Morgan fingerprint density at radius 3 is 2.55 bits per heavy atom. The first kappa shape index (κ1) is 29.3. The topological polar surface area (TPSA) is 148 Å². The van der Waals surface area contributed by atoms with Crippen LogP contribution in [0.3, 0.4) is 0 Å². The third-order valence-corrected chi connectivity index (χ3v) is 13.5. The smallest absolute Gasteiger partial charge is 0.366 e. The van der Waals surface area contributed by atoms with Crippen LogP contribution >= 0.6 is 0 Å². The lowest BCUT2D eigenvalue weighted by atomic mass is 9.38. The fourth-order valence-electron chi connectivity index (χ4n) is 11.9. The lowest BCUT2D eigenvalue weighted by Crippen LogP contribution is -2.76. The summed E-state index contributed by atoms with van der Waals surface area (Å²) < 4.78 is 49.9. The van der Waals surface area contributed by atoms with Crippen LogP contribution in [0.1, 0.15) is 47.0 Å². The number of methoxy groups -OCH3 is 2. The van der Waals surface area contributed by atoms with Gasteiger partial charge in [-0.2, -0.15) is 0 Å². The van der Waals surface area contributed by atoms with Gasteiger partial charge in [-0.05, 0) is 39.2 Å². The molecule has 5 heterocycles. The molecular formula is C32H42O12. The molecule has 4 saturated heterocycles. The van der Waals surface area contributed by atoms with Gasteiger partial charge in [0.1, 0.15) is 17.3 Å². The molecule has 5 aliphatic heterocycles. The highest BCUT2D eigenvalue weighted by atomic mass is 16.7. The first-order chi connectivity index (χ1) is 20.7. The highest BCUT2D eigenvalue weighted by Crippen LogP contribution is 2.80. The normalized spacial score (nSPS) is 58.7. The molecule has 0 radical (unpaired) electrons. The van der Waals surface area contributed by atoms with Crippen molar-refractivity contribution < 1.29 is 57.7 Å². The minimum absolute atomic E-state index is 0.129. The second kappa shape index (κ2) is 8.44. The lowest BCUT2D eigenvalue weighted by molar-refractivity contribution is -0.309. The van der Waals surface area contributed by atoms with Crippen LogP contribution in [0.25, 0.3) is 0 Å². The SMILES string of the molecule is C=C(C)C(=O)O[C@H]1CC[C@]23CO[C@](OC)(C(=O)OC)[C@H]2[C@]2(C)[C@H](O[C@]4(C)[C@H]5C[C@H](O[C@@H]6OC=C[C@@]65O)[C@]24O)[C@@H]2OC[C@]1(C)[C@H]23. The van der Waals surface area contributed by atoms with E-state index < -0.39 is 93.3 Å². The van der Waals surface area contributed by atoms with Crippen molar-refractivity contribution in [3.8, 4) is 0 Å². The van der Waals surface area contributed by atoms with Gasteiger partial charge in [0.15, 0.2) is 5.60 Å². The summed E-state index contributed by atoms with van der Waals surface area (Å²) in [5.74, 6) is -4.78. The van der Waals surface area contributed by atoms with Gasteiger partial charge in [0.2, 0.25) is 6.29 Å². The summed E-state index contributed by atoms with van der Waals surface area (Å²) in [5, 5.41) is 25.3. The standard InChI is InChI=1S/C32H42O12/c1-15(2)22(33)42-17-8-9-29-14-41-31(38-7,24(34)37-6)23(29)27(4)21(19-20(29)26(17,3)13-40-19)44-28(5)16-12-18(32(27,28)36)43-25-30(16,35)10-11-39-25/h10-11,16-21,23,25,35-36H,1,8-9,12-14H2,2-7H3/t16-,17+,18+,19-,20+,21-,23+,25+,26+,27+,28-,29-,30+,31+,32+/m1/s1. The molecule has 0 aromatic rings. The van der Waals surface area contributed by atoms with E-state index in [1.165, 1.54) is 20.5 Å². The van der Waals surface area contributed by atoms with Crippen molar-refractivity contribution in [1.29, 1.82) is 0 Å². The number of fused-ring (bicyclic) bond motifs is 11. The van der Waals surface area contributed by atoms with Gasteiger partial charge in [0, 0.05) is 46.7 Å². The van der Waals surface area contributed by atoms with E-state index in [0.29, 0.717) is 24.8 Å². The fraction of sp³-hybridized carbons (Fsp3) is 0.812. The molecule has 3 saturated carbocycles. The van der Waals surface area contributed by atoms with E-state index in [1.807, 2.05) is 13.8 Å². The van der Waals surface area contributed by atoms with Crippen molar-refractivity contribution in [2.75, 3.05) is 27.4 Å². The number of carbonyl (C=O) groups is 2. The van der Waals surface area contributed by atoms with Gasteiger partial charge in [0.05, 0.1) is 44.9 Å². The van der Waals surface area contributed by atoms with E-state index >= 15 is 0 Å². The maximum absolute atomic E-state index is 13.9. The summed E-state index contributed by atoms with van der Waals surface area (Å²) >= 11 is 0. The van der Waals surface area contributed by atoms with E-state index in [0.717, 1.165) is 0 Å². The highest BCUT2D eigenvalue weighted by molar-refractivity contribution is 5.87. The average Bonchev–Trinajstić information content (AvgIpc) is 3.74. The molecule has 7 fully saturated rings. The van der Waals surface area contributed by atoms with E-state index in [1.54, 1.807) is 13.0 Å². The summed E-state index contributed by atoms with van der Waals surface area (Å²) in [6, 6.07) is 0. The summed E-state index contributed by atoms with van der Waals surface area (Å²) in [6.07, 6.45) is 0.634. The van der Waals surface area contributed by atoms with Crippen molar-refractivity contribution in [3.63, 3.8) is 0 Å². The molecule has 0 amide bonds. The van der Waals surface area contributed by atoms with Crippen LogP contribution in [-0.2, 0) is 47.5 Å². The number of carbonyl (C=O) groups excluding carboxylic acids is 2. The first-order valence-electron chi connectivity index (χ1n) is 15.5. The Morgan fingerprint density at radius 2 is 1.86 bits per heavy atom. The molecule has 12 heteroatoms.